The van der Waals surface area contributed by atoms with Crippen molar-refractivity contribution in [1.29, 1.82) is 5.41 Å². The van der Waals surface area contributed by atoms with Gasteiger partial charge < -0.3 is 14.9 Å². The van der Waals surface area contributed by atoms with Gasteiger partial charge in [0.2, 0.25) is 0 Å². The highest BCUT2D eigenvalue weighted by molar-refractivity contribution is 6.02. The summed E-state index contributed by atoms with van der Waals surface area (Å²) in [5, 5.41) is 9.56. The Morgan fingerprint density at radius 2 is 1.72 bits per heavy atom. The number of esters is 1. The van der Waals surface area contributed by atoms with E-state index in [-0.39, 0.29) is 12.2 Å². The number of hydrogen-bond donors (Lipinski definition) is 1. The third-order valence-electron chi connectivity index (χ3n) is 5.16. The first-order valence-corrected chi connectivity index (χ1v) is 10.6. The number of unbranched alkanes of at least 4 members (excludes halogenated alkanes) is 1. The molecule has 0 bridgehead atoms. The van der Waals surface area contributed by atoms with E-state index in [1.165, 1.54) is 6.21 Å². The average molecular weight is 430 g/mol. The molecule has 0 radical (unpaired) electrons. The van der Waals surface area contributed by atoms with Crippen molar-refractivity contribution in [2.24, 2.45) is 0 Å². The quantitative estimate of drug-likeness (QED) is 0.144. The first-order chi connectivity index (χ1) is 15.5. The van der Waals surface area contributed by atoms with Gasteiger partial charge in [0.05, 0.1) is 13.2 Å². The van der Waals surface area contributed by atoms with Crippen LogP contribution in [-0.4, -0.2) is 31.2 Å². The molecule has 0 aliphatic carbocycles. The van der Waals surface area contributed by atoms with Crippen LogP contribution in [0.1, 0.15) is 39.9 Å². The summed E-state index contributed by atoms with van der Waals surface area (Å²) in [5.74, 6) is 0.374. The van der Waals surface area contributed by atoms with Gasteiger partial charge in [0, 0.05) is 24.3 Å². The second kappa shape index (κ2) is 11.0. The number of aryl methyl sites for hydroxylation is 1. The van der Waals surface area contributed by atoms with Crippen molar-refractivity contribution in [2.75, 3.05) is 13.2 Å². The highest BCUT2D eigenvalue weighted by Crippen LogP contribution is 2.23. The third-order valence-corrected chi connectivity index (χ3v) is 5.16. The van der Waals surface area contributed by atoms with Crippen LogP contribution in [0.2, 0.25) is 0 Å². The summed E-state index contributed by atoms with van der Waals surface area (Å²) in [6, 6.07) is 17.3. The van der Waals surface area contributed by atoms with Crippen molar-refractivity contribution in [2.45, 2.75) is 26.2 Å². The smallest absolute Gasteiger partial charge is 0.330 e. The zero-order chi connectivity index (χ0) is 22.9. The Morgan fingerprint density at radius 1 is 0.969 bits per heavy atom. The van der Waals surface area contributed by atoms with Crippen LogP contribution in [0.5, 0.6) is 5.75 Å². The van der Waals surface area contributed by atoms with Gasteiger partial charge in [-0.15, -0.1) is 0 Å². The van der Waals surface area contributed by atoms with Gasteiger partial charge in [-0.2, -0.15) is 0 Å². The minimum Gasteiger partial charge on any atom is -0.494 e. The summed E-state index contributed by atoms with van der Waals surface area (Å²) < 4.78 is 10.7. The summed E-state index contributed by atoms with van der Waals surface area (Å²) in [6.45, 7) is 6.21. The van der Waals surface area contributed by atoms with Gasteiger partial charge in [-0.3, -0.25) is 4.79 Å². The van der Waals surface area contributed by atoms with Gasteiger partial charge in [-0.1, -0.05) is 48.5 Å². The second-order valence-corrected chi connectivity index (χ2v) is 7.60. The Bertz CT molecular complexity index is 1150. The number of carbonyl (C=O) groups excluding carboxylic acids is 2. The molecular formula is C27H27NO4. The van der Waals surface area contributed by atoms with Crippen molar-refractivity contribution in [3.63, 3.8) is 0 Å². The number of ether oxygens (including phenoxy) is 2. The van der Waals surface area contributed by atoms with E-state index in [1.807, 2.05) is 61.5 Å². The number of rotatable bonds is 11. The Morgan fingerprint density at radius 3 is 2.50 bits per heavy atom. The SMILES string of the molecule is C=CC(=O)OCCCCOc1ccc2cc(C(=O)Cc3ccc(C)cc3C=N)ccc2c1. The lowest BCUT2D eigenvalue weighted by Crippen LogP contribution is -2.06. The van der Waals surface area contributed by atoms with Crippen LogP contribution in [0, 0.1) is 12.3 Å². The van der Waals surface area contributed by atoms with Gasteiger partial charge in [0.15, 0.2) is 5.78 Å². The first-order valence-electron chi connectivity index (χ1n) is 10.6. The molecule has 0 atom stereocenters. The van der Waals surface area contributed by atoms with E-state index < -0.39 is 5.97 Å². The monoisotopic (exact) mass is 429 g/mol. The average Bonchev–Trinajstić information content (AvgIpc) is 2.81. The molecule has 0 amide bonds. The van der Waals surface area contributed by atoms with Gasteiger partial charge in [0.25, 0.3) is 0 Å². The van der Waals surface area contributed by atoms with Gasteiger partial charge in [-0.05, 0) is 59.9 Å². The lowest BCUT2D eigenvalue weighted by molar-refractivity contribution is -0.137. The molecule has 0 saturated carbocycles. The van der Waals surface area contributed by atoms with Gasteiger partial charge in [0.1, 0.15) is 5.75 Å². The molecular weight excluding hydrogens is 402 g/mol. The van der Waals surface area contributed by atoms with Gasteiger partial charge >= 0.3 is 5.97 Å². The predicted molar refractivity (Wildman–Crippen MR) is 127 cm³/mol. The van der Waals surface area contributed by atoms with Crippen LogP contribution < -0.4 is 4.74 Å². The van der Waals surface area contributed by atoms with E-state index >= 15 is 0 Å². The topological polar surface area (TPSA) is 76.5 Å². The number of hydrogen-bond acceptors (Lipinski definition) is 5. The van der Waals surface area contributed by atoms with Crippen LogP contribution in [0.15, 0.2) is 67.3 Å². The minimum absolute atomic E-state index is 0.0244. The number of carbonyl (C=O) groups is 2. The molecule has 1 N–H and O–H groups in total. The second-order valence-electron chi connectivity index (χ2n) is 7.60. The van der Waals surface area contributed by atoms with Crippen LogP contribution in [0.4, 0.5) is 0 Å². The van der Waals surface area contributed by atoms with Crippen molar-refractivity contribution in [3.8, 4) is 5.75 Å². The Balaban J connectivity index is 1.59. The molecule has 0 spiro atoms. The molecule has 32 heavy (non-hydrogen) atoms. The summed E-state index contributed by atoms with van der Waals surface area (Å²) in [4.78, 5) is 23.8. The highest BCUT2D eigenvalue weighted by Gasteiger charge is 2.11. The maximum atomic E-state index is 12.8. The standard InChI is InChI=1S/C27H27NO4/c1-3-27(30)32-13-5-4-12-31-25-11-10-20-15-23(9-8-21(20)16-25)26(29)17-22-7-6-19(2)14-24(22)18-28/h3,6-11,14-16,18,28H,1,4-5,12-13,17H2,2H3. The normalized spacial score (nSPS) is 10.5. The molecule has 3 aromatic rings. The zero-order valence-electron chi connectivity index (χ0n) is 18.2. The van der Waals surface area contributed by atoms with E-state index in [9.17, 15) is 9.59 Å². The van der Waals surface area contributed by atoms with Gasteiger partial charge in [-0.25, -0.2) is 4.79 Å². The third kappa shape index (κ3) is 6.14. The molecule has 3 rings (SSSR count). The van der Waals surface area contributed by atoms with E-state index in [1.54, 1.807) is 0 Å². The maximum Gasteiger partial charge on any atom is 0.330 e. The number of nitrogens with one attached hydrogen (secondary N) is 1. The predicted octanol–water partition coefficient (Wildman–Crippen LogP) is 5.46. The zero-order valence-corrected chi connectivity index (χ0v) is 18.2. The molecule has 0 aromatic heterocycles. The molecule has 0 fully saturated rings. The van der Waals surface area contributed by atoms with Crippen LogP contribution in [0.3, 0.4) is 0 Å². The Labute approximate surface area is 188 Å². The Kier molecular flexibility index (Phi) is 7.92. The lowest BCUT2D eigenvalue weighted by Gasteiger charge is -2.09. The fourth-order valence-electron chi connectivity index (χ4n) is 3.40. The molecule has 5 nitrogen and oxygen atoms in total. The van der Waals surface area contributed by atoms with Crippen molar-refractivity contribution >= 4 is 28.7 Å². The first kappa shape index (κ1) is 22.9. The summed E-state index contributed by atoms with van der Waals surface area (Å²) in [7, 11) is 0. The minimum atomic E-state index is -0.410. The van der Waals surface area contributed by atoms with Crippen molar-refractivity contribution in [1.82, 2.24) is 0 Å². The summed E-state index contributed by atoms with van der Waals surface area (Å²) >= 11 is 0. The van der Waals surface area contributed by atoms with Crippen LogP contribution in [-0.2, 0) is 16.0 Å². The fourth-order valence-corrected chi connectivity index (χ4v) is 3.40. The van der Waals surface area contributed by atoms with E-state index in [2.05, 4.69) is 6.58 Å². The maximum absolute atomic E-state index is 12.8. The van der Waals surface area contributed by atoms with E-state index in [0.29, 0.717) is 18.8 Å². The van der Waals surface area contributed by atoms with Crippen molar-refractivity contribution < 1.29 is 19.1 Å². The summed E-state index contributed by atoms with van der Waals surface area (Å²) in [5.41, 5.74) is 3.36. The number of ketones is 1. The molecule has 0 heterocycles. The van der Waals surface area contributed by atoms with Crippen LogP contribution >= 0.6 is 0 Å². The highest BCUT2D eigenvalue weighted by atomic mass is 16.5. The fraction of sp³-hybridized carbons (Fsp3) is 0.222. The van der Waals surface area contributed by atoms with Crippen molar-refractivity contribution in [3.05, 3.63) is 89.5 Å². The van der Waals surface area contributed by atoms with E-state index in [4.69, 9.17) is 14.9 Å². The van der Waals surface area contributed by atoms with E-state index in [0.717, 1.165) is 52.1 Å². The number of Topliss-reactive ketones (excluding diaryl/α,β-unsaturated/α-hetero) is 1. The largest absolute Gasteiger partial charge is 0.494 e. The molecule has 5 heteroatoms. The lowest BCUT2D eigenvalue weighted by atomic mass is 9.96. The molecule has 0 saturated heterocycles. The molecule has 0 aliphatic rings. The summed E-state index contributed by atoms with van der Waals surface area (Å²) in [6.07, 6.45) is 4.21. The Hall–Kier alpha value is -3.73. The molecule has 3 aromatic carbocycles. The molecule has 164 valence electrons. The van der Waals surface area contributed by atoms with Crippen LogP contribution in [0.25, 0.3) is 10.8 Å². The number of benzene rings is 3. The number of fused-ring (bicyclic) bond motifs is 1. The molecule has 0 aliphatic heterocycles. The molecule has 0 unspecified atom stereocenters.